The molecule has 0 spiro atoms. The second-order valence-electron chi connectivity index (χ2n) is 0.513. The average Bonchev–Trinajstić information content (AvgIpc) is 0.722. The van der Waals surface area contributed by atoms with E-state index in [1.807, 2.05) is 0 Å². The molecular weight excluding hydrogens is 254 g/mol. The summed E-state index contributed by atoms with van der Waals surface area (Å²) >= 11 is 0. The van der Waals surface area contributed by atoms with Crippen LogP contribution in [0, 0.1) is 0 Å². The molecule has 0 fully saturated rings. The van der Waals surface area contributed by atoms with Gasteiger partial charge in [0.25, 0.3) is 0 Å². The molecule has 0 unspecified atom stereocenters. The maximum Gasteiger partial charge on any atom is 0.316 e. The molecule has 0 radical (unpaired) electrons. The Bertz CT molecular complexity index is 61.1. The number of hydrogen-bond donors (Lipinski definition) is 3. The summed E-state index contributed by atoms with van der Waals surface area (Å²) in [7, 11) is -4.64. The molecule has 0 aliphatic rings. The van der Waals surface area contributed by atoms with Crippen LogP contribution in [0.5, 0.6) is 0 Å². The summed E-state index contributed by atoms with van der Waals surface area (Å²) in [4.78, 5) is 21.6. The second kappa shape index (κ2) is 36.7. The van der Waals surface area contributed by atoms with Gasteiger partial charge >= 0.3 is 82.3 Å². The Labute approximate surface area is 132 Å². The Balaban J connectivity index is -0.00000000286. The molecule has 0 aliphatic heterocycles. The molecule has 0 saturated carbocycles. The quantitative estimate of drug-likeness (QED) is 0.286. The fraction of sp³-hybridized carbons (Fsp3) is 0. The normalized spacial score (nSPS) is 4.54. The molecule has 0 aliphatic carbocycles. The summed E-state index contributed by atoms with van der Waals surface area (Å²) in [5, 5.41) is 0. The third-order valence-electron chi connectivity index (χ3n) is 0. The van der Waals surface area contributed by atoms with Gasteiger partial charge in [0.05, 0.1) is 0 Å². The number of phosphoric acid groups is 1. The van der Waals surface area contributed by atoms with E-state index < -0.39 is 7.82 Å². The predicted octanol–water partition coefficient (Wildman–Crippen LogP) is -7.44. The van der Waals surface area contributed by atoms with Gasteiger partial charge in [-0.2, -0.15) is 0 Å². The van der Waals surface area contributed by atoms with Crippen molar-refractivity contribution in [1.82, 2.24) is 0 Å². The summed E-state index contributed by atoms with van der Waals surface area (Å²) in [5.41, 5.74) is 0. The zero-order valence-electron chi connectivity index (χ0n) is 5.20. The SMILES string of the molecule is O.O.O.O.O.O.O=P(O)(O)O.[KH].[MgH2]. The van der Waals surface area contributed by atoms with E-state index in [0.717, 1.165) is 0 Å². The molecule has 0 atom stereocenters. The molecule has 10 nitrogen and oxygen atoms in total. The molecule has 86 valence electrons. The molecule has 0 bridgehead atoms. The second-order valence-corrected chi connectivity index (χ2v) is 1.54. The first kappa shape index (κ1) is 79.1. The van der Waals surface area contributed by atoms with E-state index >= 15 is 0 Å². The standard InChI is InChI=1S/K.Mg.H3O4P.6H2O.3H/c;;1-5(2,3)4;;;;;;;;;/h;;(H3,1,2,3,4);6*1H2;;;. The van der Waals surface area contributed by atoms with Crippen LogP contribution in [-0.2, 0) is 4.57 Å². The van der Waals surface area contributed by atoms with E-state index in [1.165, 1.54) is 0 Å². The largest absolute Gasteiger partial charge is 0.316 e. The predicted molar refractivity (Wildman–Crippen MR) is 51.6 cm³/mol. The van der Waals surface area contributed by atoms with Crippen molar-refractivity contribution in [2.75, 3.05) is 0 Å². The van der Waals surface area contributed by atoms with Crippen LogP contribution in [0.3, 0.4) is 0 Å². The number of hydrogen-bond acceptors (Lipinski definition) is 1. The molecule has 0 aromatic carbocycles. The van der Waals surface area contributed by atoms with Gasteiger partial charge in [-0.05, 0) is 0 Å². The van der Waals surface area contributed by atoms with Crippen LogP contribution in [0.25, 0.3) is 0 Å². The molecule has 0 rings (SSSR count). The van der Waals surface area contributed by atoms with Gasteiger partial charge in [0.2, 0.25) is 0 Å². The van der Waals surface area contributed by atoms with Gasteiger partial charge in [-0.3, -0.25) is 0 Å². The average molecular weight is 273 g/mol. The number of rotatable bonds is 0. The van der Waals surface area contributed by atoms with Crippen LogP contribution in [0.15, 0.2) is 0 Å². The van der Waals surface area contributed by atoms with Crippen LogP contribution < -0.4 is 0 Å². The zero-order chi connectivity index (χ0) is 4.50. The van der Waals surface area contributed by atoms with Gasteiger partial charge < -0.3 is 47.5 Å². The first-order valence-corrected chi connectivity index (χ1v) is 2.35. The van der Waals surface area contributed by atoms with Crippen molar-refractivity contribution >= 4 is 82.3 Å². The first-order chi connectivity index (χ1) is 2.00. The molecule has 13 heteroatoms. The van der Waals surface area contributed by atoms with Crippen molar-refractivity contribution in [3.05, 3.63) is 0 Å². The van der Waals surface area contributed by atoms with Gasteiger partial charge in [0, 0.05) is 0 Å². The van der Waals surface area contributed by atoms with Crippen LogP contribution in [-0.4, -0.2) is 122 Å². The molecule has 0 amide bonds. The maximum absolute atomic E-state index is 8.88. The Kier molecular flexibility index (Phi) is 223. The van der Waals surface area contributed by atoms with E-state index in [1.54, 1.807) is 0 Å². The van der Waals surface area contributed by atoms with Crippen molar-refractivity contribution in [2.45, 2.75) is 0 Å². The van der Waals surface area contributed by atoms with Crippen LogP contribution >= 0.6 is 7.82 Å². The van der Waals surface area contributed by atoms with Crippen molar-refractivity contribution < 1.29 is 52.1 Å². The topological polar surface area (TPSA) is 267 Å². The minimum atomic E-state index is -4.64. The van der Waals surface area contributed by atoms with Gasteiger partial charge in [0.15, 0.2) is 0 Å². The third kappa shape index (κ3) is 416. The van der Waals surface area contributed by atoms with Gasteiger partial charge in [-0.15, -0.1) is 0 Å². The first-order valence-electron chi connectivity index (χ1n) is 0.783. The van der Waals surface area contributed by atoms with Crippen molar-refractivity contribution in [1.29, 1.82) is 0 Å². The Morgan fingerprint density at radius 3 is 0.692 bits per heavy atom. The summed E-state index contributed by atoms with van der Waals surface area (Å²) in [6.45, 7) is 0. The molecule has 0 heterocycles. The fourth-order valence-corrected chi connectivity index (χ4v) is 0. The minimum Gasteiger partial charge on any atom is 0.316 e. The Hall–Kier alpha value is 2.27. The van der Waals surface area contributed by atoms with E-state index in [2.05, 4.69) is 0 Å². The van der Waals surface area contributed by atoms with Crippen LogP contribution in [0.4, 0.5) is 0 Å². The smallest absolute Gasteiger partial charge is 0.316 e. The van der Waals surface area contributed by atoms with Crippen molar-refractivity contribution in [3.8, 4) is 0 Å². The monoisotopic (exact) mass is 272 g/mol. The maximum atomic E-state index is 8.88. The molecule has 0 saturated heterocycles. The minimum absolute atomic E-state index is 0. The Morgan fingerprint density at radius 2 is 0.692 bits per heavy atom. The molecular formula is H18KMgO10P. The summed E-state index contributed by atoms with van der Waals surface area (Å²) < 4.78 is 8.88. The van der Waals surface area contributed by atoms with Gasteiger partial charge in [-0.1, -0.05) is 0 Å². The van der Waals surface area contributed by atoms with E-state index in [0.29, 0.717) is 0 Å². The van der Waals surface area contributed by atoms with Crippen LogP contribution in [0.1, 0.15) is 0 Å². The summed E-state index contributed by atoms with van der Waals surface area (Å²) in [6, 6.07) is 0. The molecule has 15 N–H and O–H groups in total. The van der Waals surface area contributed by atoms with E-state index in [4.69, 9.17) is 19.2 Å². The Morgan fingerprint density at radius 1 is 0.692 bits per heavy atom. The fourth-order valence-electron chi connectivity index (χ4n) is 0. The van der Waals surface area contributed by atoms with E-state index in [-0.39, 0.29) is 107 Å². The summed E-state index contributed by atoms with van der Waals surface area (Å²) in [5.74, 6) is 0. The summed E-state index contributed by atoms with van der Waals surface area (Å²) in [6.07, 6.45) is 0. The molecule has 13 heavy (non-hydrogen) atoms. The van der Waals surface area contributed by atoms with E-state index in [9.17, 15) is 0 Å². The van der Waals surface area contributed by atoms with Crippen molar-refractivity contribution in [2.24, 2.45) is 0 Å². The third-order valence-corrected chi connectivity index (χ3v) is 0. The van der Waals surface area contributed by atoms with Gasteiger partial charge in [-0.25, -0.2) is 4.57 Å². The van der Waals surface area contributed by atoms with Crippen molar-refractivity contribution in [3.63, 3.8) is 0 Å². The van der Waals surface area contributed by atoms with Gasteiger partial charge in [0.1, 0.15) is 0 Å². The zero-order valence-corrected chi connectivity index (χ0v) is 6.09. The molecule has 0 aromatic heterocycles. The molecule has 0 aromatic rings. The van der Waals surface area contributed by atoms with Crippen LogP contribution in [0.2, 0.25) is 0 Å².